The van der Waals surface area contributed by atoms with Crippen LogP contribution in [0.4, 0.5) is 0 Å². The lowest BCUT2D eigenvalue weighted by Crippen LogP contribution is -2.35. The van der Waals surface area contributed by atoms with E-state index in [2.05, 4.69) is 12.2 Å². The van der Waals surface area contributed by atoms with Crippen LogP contribution in [0.1, 0.15) is 56.5 Å². The van der Waals surface area contributed by atoms with Crippen molar-refractivity contribution in [2.45, 2.75) is 52.6 Å². The Labute approximate surface area is 183 Å². The van der Waals surface area contributed by atoms with E-state index in [1.165, 1.54) is 6.92 Å². The van der Waals surface area contributed by atoms with Crippen LogP contribution in [0, 0.1) is 0 Å². The highest BCUT2D eigenvalue weighted by Gasteiger charge is 2.22. The van der Waals surface area contributed by atoms with E-state index in [0.717, 1.165) is 23.3 Å². The highest BCUT2D eigenvalue weighted by molar-refractivity contribution is 7.10. The number of rotatable bonds is 12. The van der Waals surface area contributed by atoms with Crippen LogP contribution < -0.4 is 14.8 Å². The summed E-state index contributed by atoms with van der Waals surface area (Å²) in [7, 11) is 1.62. The van der Waals surface area contributed by atoms with E-state index in [0.29, 0.717) is 31.2 Å². The van der Waals surface area contributed by atoms with Gasteiger partial charge >= 0.3 is 0 Å². The summed E-state index contributed by atoms with van der Waals surface area (Å²) in [5, 5.41) is 4.86. The van der Waals surface area contributed by atoms with Crippen LogP contribution >= 0.6 is 11.3 Å². The molecule has 0 spiro atoms. The summed E-state index contributed by atoms with van der Waals surface area (Å²) in [5.74, 6) is 1.24. The molecule has 164 valence electrons. The van der Waals surface area contributed by atoms with Crippen LogP contribution in [-0.2, 0) is 16.1 Å². The maximum Gasteiger partial charge on any atom is 0.225 e. The molecular weight excluding hydrogens is 400 g/mol. The maximum atomic E-state index is 13.1. The summed E-state index contributed by atoms with van der Waals surface area (Å²) in [6, 6.07) is 9.35. The number of benzene rings is 1. The van der Waals surface area contributed by atoms with Gasteiger partial charge in [0, 0.05) is 24.9 Å². The Morgan fingerprint density at radius 3 is 2.57 bits per heavy atom. The SMILES string of the molecule is CCCOc1ccc(CN(CCC)C(=O)CC(NC(C)=O)c2cccs2)cc1OC. The first-order valence-corrected chi connectivity index (χ1v) is 11.2. The fourth-order valence-corrected chi connectivity index (χ4v) is 3.96. The van der Waals surface area contributed by atoms with E-state index in [4.69, 9.17) is 9.47 Å². The van der Waals surface area contributed by atoms with Gasteiger partial charge in [0.2, 0.25) is 11.8 Å². The van der Waals surface area contributed by atoms with Crippen molar-refractivity contribution in [1.82, 2.24) is 10.2 Å². The summed E-state index contributed by atoms with van der Waals surface area (Å²) >= 11 is 1.54. The molecule has 1 aromatic heterocycles. The van der Waals surface area contributed by atoms with E-state index in [-0.39, 0.29) is 24.3 Å². The Hall–Kier alpha value is -2.54. The third-order valence-electron chi connectivity index (χ3n) is 4.55. The molecule has 2 rings (SSSR count). The van der Waals surface area contributed by atoms with Crippen LogP contribution in [0.15, 0.2) is 35.7 Å². The van der Waals surface area contributed by atoms with Crippen molar-refractivity contribution in [3.05, 3.63) is 46.2 Å². The second-order valence-corrected chi connectivity index (χ2v) is 8.10. The highest BCUT2D eigenvalue weighted by Crippen LogP contribution is 2.29. The molecule has 1 N–H and O–H groups in total. The number of nitrogens with zero attached hydrogens (tertiary/aromatic N) is 1. The Balaban J connectivity index is 2.14. The molecule has 2 amide bonds. The second kappa shape index (κ2) is 12.2. The van der Waals surface area contributed by atoms with Gasteiger partial charge in [0.05, 0.1) is 26.2 Å². The second-order valence-electron chi connectivity index (χ2n) is 7.12. The minimum atomic E-state index is -0.311. The molecule has 1 heterocycles. The van der Waals surface area contributed by atoms with E-state index < -0.39 is 0 Å². The van der Waals surface area contributed by atoms with Gasteiger partial charge < -0.3 is 19.7 Å². The molecular formula is C23H32N2O4S. The minimum Gasteiger partial charge on any atom is -0.493 e. The predicted molar refractivity (Wildman–Crippen MR) is 120 cm³/mol. The smallest absolute Gasteiger partial charge is 0.225 e. The zero-order chi connectivity index (χ0) is 21.9. The molecule has 2 aromatic rings. The number of hydrogen-bond donors (Lipinski definition) is 1. The van der Waals surface area contributed by atoms with Gasteiger partial charge in [0.15, 0.2) is 11.5 Å². The van der Waals surface area contributed by atoms with E-state index in [9.17, 15) is 9.59 Å². The molecule has 0 saturated carbocycles. The van der Waals surface area contributed by atoms with Gasteiger partial charge in [0.25, 0.3) is 0 Å². The van der Waals surface area contributed by atoms with Crippen molar-refractivity contribution in [2.75, 3.05) is 20.3 Å². The molecule has 0 fully saturated rings. The van der Waals surface area contributed by atoms with Crippen molar-refractivity contribution in [3.8, 4) is 11.5 Å². The lowest BCUT2D eigenvalue weighted by Gasteiger charge is -2.25. The third-order valence-corrected chi connectivity index (χ3v) is 5.54. The Morgan fingerprint density at radius 1 is 1.17 bits per heavy atom. The average molecular weight is 433 g/mol. The predicted octanol–water partition coefficient (Wildman–Crippen LogP) is 4.55. The number of ether oxygens (including phenoxy) is 2. The number of carbonyl (C=O) groups excluding carboxylic acids is 2. The lowest BCUT2D eigenvalue weighted by atomic mass is 10.1. The largest absolute Gasteiger partial charge is 0.493 e. The topological polar surface area (TPSA) is 67.9 Å². The first kappa shape index (κ1) is 23.7. The van der Waals surface area contributed by atoms with E-state index >= 15 is 0 Å². The normalized spacial score (nSPS) is 11.6. The average Bonchev–Trinajstić information content (AvgIpc) is 3.26. The number of methoxy groups -OCH3 is 1. The molecule has 0 bridgehead atoms. The summed E-state index contributed by atoms with van der Waals surface area (Å²) < 4.78 is 11.2. The zero-order valence-electron chi connectivity index (χ0n) is 18.3. The number of carbonyl (C=O) groups is 2. The molecule has 1 unspecified atom stereocenters. The van der Waals surface area contributed by atoms with Gasteiger partial charge in [-0.3, -0.25) is 9.59 Å². The lowest BCUT2D eigenvalue weighted by molar-refractivity contribution is -0.132. The number of thiophene rings is 1. The van der Waals surface area contributed by atoms with Crippen molar-refractivity contribution in [2.24, 2.45) is 0 Å². The van der Waals surface area contributed by atoms with Gasteiger partial charge in [-0.15, -0.1) is 11.3 Å². The monoisotopic (exact) mass is 432 g/mol. The molecule has 0 aliphatic carbocycles. The van der Waals surface area contributed by atoms with Crippen LogP contribution in [-0.4, -0.2) is 37.0 Å². The van der Waals surface area contributed by atoms with Crippen molar-refractivity contribution >= 4 is 23.2 Å². The van der Waals surface area contributed by atoms with Crippen LogP contribution in [0.2, 0.25) is 0 Å². The molecule has 0 aliphatic rings. The molecule has 7 heteroatoms. The Morgan fingerprint density at radius 2 is 1.97 bits per heavy atom. The van der Waals surface area contributed by atoms with Crippen LogP contribution in [0.5, 0.6) is 11.5 Å². The van der Waals surface area contributed by atoms with Crippen LogP contribution in [0.25, 0.3) is 0 Å². The minimum absolute atomic E-state index is 0.00859. The standard InChI is InChI=1S/C23H32N2O4S/c1-5-11-25(16-18-9-10-20(29-12-6-2)21(14-18)28-4)23(27)15-19(24-17(3)26)22-8-7-13-30-22/h7-10,13-14,19H,5-6,11-12,15-16H2,1-4H3,(H,24,26). The van der Waals surface area contributed by atoms with E-state index in [1.807, 2.05) is 47.5 Å². The van der Waals surface area contributed by atoms with Crippen LogP contribution in [0.3, 0.4) is 0 Å². The molecule has 30 heavy (non-hydrogen) atoms. The fourth-order valence-electron chi connectivity index (χ4n) is 3.19. The molecule has 0 aliphatic heterocycles. The third kappa shape index (κ3) is 7.06. The van der Waals surface area contributed by atoms with Gasteiger partial charge in [-0.1, -0.05) is 26.0 Å². The summed E-state index contributed by atoms with van der Waals surface area (Å²) in [6.07, 6.45) is 2.00. The fraction of sp³-hybridized carbons (Fsp3) is 0.478. The van der Waals surface area contributed by atoms with Crippen molar-refractivity contribution < 1.29 is 19.1 Å². The number of hydrogen-bond acceptors (Lipinski definition) is 5. The van der Waals surface area contributed by atoms with Gasteiger partial charge in [-0.2, -0.15) is 0 Å². The summed E-state index contributed by atoms with van der Waals surface area (Å²) in [4.78, 5) is 27.6. The highest BCUT2D eigenvalue weighted by atomic mass is 32.1. The molecule has 0 saturated heterocycles. The first-order chi connectivity index (χ1) is 14.5. The van der Waals surface area contributed by atoms with E-state index in [1.54, 1.807) is 18.4 Å². The quantitative estimate of drug-likeness (QED) is 0.534. The van der Waals surface area contributed by atoms with Crippen molar-refractivity contribution in [3.63, 3.8) is 0 Å². The van der Waals surface area contributed by atoms with Gasteiger partial charge in [0.1, 0.15) is 0 Å². The summed E-state index contributed by atoms with van der Waals surface area (Å²) in [5.41, 5.74) is 0.977. The summed E-state index contributed by atoms with van der Waals surface area (Å²) in [6.45, 7) is 7.33. The van der Waals surface area contributed by atoms with Gasteiger partial charge in [-0.25, -0.2) is 0 Å². The van der Waals surface area contributed by atoms with Crippen molar-refractivity contribution in [1.29, 1.82) is 0 Å². The zero-order valence-corrected chi connectivity index (χ0v) is 19.1. The molecule has 1 atom stereocenters. The Kier molecular flexibility index (Phi) is 9.67. The molecule has 6 nitrogen and oxygen atoms in total. The maximum absolute atomic E-state index is 13.1. The van der Waals surface area contributed by atoms with Gasteiger partial charge in [-0.05, 0) is 42.0 Å². The number of amides is 2. The Bertz CT molecular complexity index is 808. The first-order valence-electron chi connectivity index (χ1n) is 10.4. The molecule has 1 aromatic carbocycles. The number of nitrogens with one attached hydrogen (secondary N) is 1. The molecule has 0 radical (unpaired) electrons.